The number of hydrazine groups is 1. The molecule has 6 heteroatoms. The van der Waals surface area contributed by atoms with Crippen molar-refractivity contribution >= 4 is 23.2 Å². The molecule has 3 heterocycles. The zero-order valence-electron chi connectivity index (χ0n) is 17.0. The first kappa shape index (κ1) is 19.4. The average molecular weight is 390 g/mol. The summed E-state index contributed by atoms with van der Waals surface area (Å²) in [5.74, 6) is -0.138. The lowest BCUT2D eigenvalue weighted by Gasteiger charge is -2.27. The Hall–Kier alpha value is -2.96. The fourth-order valence-corrected chi connectivity index (χ4v) is 3.84. The molecule has 1 amide bonds. The molecule has 6 nitrogen and oxygen atoms in total. The van der Waals surface area contributed by atoms with E-state index in [-0.39, 0.29) is 5.91 Å². The van der Waals surface area contributed by atoms with E-state index in [1.807, 2.05) is 30.3 Å². The predicted octanol–water partition coefficient (Wildman–Crippen LogP) is 2.90. The van der Waals surface area contributed by atoms with E-state index in [2.05, 4.69) is 45.9 Å². The summed E-state index contributed by atoms with van der Waals surface area (Å²) in [7, 11) is 1.97. The van der Waals surface area contributed by atoms with Gasteiger partial charge in [-0.3, -0.25) is 14.7 Å². The maximum absolute atomic E-state index is 12.5. The van der Waals surface area contributed by atoms with Gasteiger partial charge in [-0.15, -0.1) is 0 Å². The minimum atomic E-state index is -0.138. The molecule has 2 N–H and O–H groups in total. The lowest BCUT2D eigenvalue weighted by Crippen LogP contribution is -2.30. The maximum atomic E-state index is 12.5. The number of anilines is 1. The van der Waals surface area contributed by atoms with Crippen molar-refractivity contribution in [3.63, 3.8) is 0 Å². The van der Waals surface area contributed by atoms with E-state index in [1.165, 1.54) is 16.7 Å². The number of fused-ring (bicyclic) bond motifs is 1. The highest BCUT2D eigenvalue weighted by Gasteiger charge is 2.15. The number of aromatic nitrogens is 1. The second kappa shape index (κ2) is 8.59. The van der Waals surface area contributed by atoms with Crippen LogP contribution in [-0.2, 0) is 17.8 Å². The van der Waals surface area contributed by atoms with Gasteiger partial charge in [0, 0.05) is 62.6 Å². The van der Waals surface area contributed by atoms with Crippen molar-refractivity contribution in [2.75, 3.05) is 32.0 Å². The third kappa shape index (κ3) is 4.55. The van der Waals surface area contributed by atoms with E-state index >= 15 is 0 Å². The number of benzene rings is 1. The monoisotopic (exact) mass is 389 g/mol. The van der Waals surface area contributed by atoms with Crippen LogP contribution in [0.3, 0.4) is 0 Å². The van der Waals surface area contributed by atoms with Crippen LogP contribution < -0.4 is 10.7 Å². The fraction of sp³-hybridized carbons (Fsp3) is 0.304. The Labute approximate surface area is 171 Å². The van der Waals surface area contributed by atoms with Gasteiger partial charge in [0.1, 0.15) is 0 Å². The van der Waals surface area contributed by atoms with Crippen LogP contribution in [0.2, 0.25) is 0 Å². The molecule has 0 aliphatic carbocycles. The Bertz CT molecular complexity index is 965. The van der Waals surface area contributed by atoms with Gasteiger partial charge in [-0.25, -0.2) is 5.43 Å². The van der Waals surface area contributed by atoms with Crippen molar-refractivity contribution in [3.8, 4) is 0 Å². The summed E-state index contributed by atoms with van der Waals surface area (Å²) in [6, 6.07) is 8.21. The number of rotatable bonds is 5. The zero-order chi connectivity index (χ0) is 20.2. The van der Waals surface area contributed by atoms with Crippen molar-refractivity contribution < 1.29 is 4.79 Å². The quantitative estimate of drug-likeness (QED) is 0.770. The van der Waals surface area contributed by atoms with E-state index in [1.54, 1.807) is 18.5 Å². The average Bonchev–Trinajstić information content (AvgIpc) is 3.18. The fourth-order valence-electron chi connectivity index (χ4n) is 3.84. The molecular weight excluding hydrogens is 362 g/mol. The zero-order valence-corrected chi connectivity index (χ0v) is 17.0. The molecule has 0 spiro atoms. The highest BCUT2D eigenvalue weighted by molar-refractivity contribution is 6.02. The van der Waals surface area contributed by atoms with Crippen LogP contribution in [0, 0.1) is 0 Å². The topological polar surface area (TPSA) is 60.5 Å². The number of carbonyl (C=O) groups is 1. The molecule has 29 heavy (non-hydrogen) atoms. The summed E-state index contributed by atoms with van der Waals surface area (Å²) in [6.45, 7) is 6.09. The molecule has 0 fully saturated rings. The van der Waals surface area contributed by atoms with Gasteiger partial charge in [-0.1, -0.05) is 13.0 Å². The highest BCUT2D eigenvalue weighted by atomic mass is 16.1. The van der Waals surface area contributed by atoms with E-state index in [4.69, 9.17) is 0 Å². The Balaban J connectivity index is 1.45. The normalized spacial score (nSPS) is 16.8. The molecule has 0 saturated heterocycles. The molecule has 0 atom stereocenters. The van der Waals surface area contributed by atoms with Crippen LogP contribution in [0.15, 0.2) is 48.9 Å². The van der Waals surface area contributed by atoms with E-state index in [0.717, 1.165) is 49.4 Å². The van der Waals surface area contributed by atoms with Gasteiger partial charge in [0.05, 0.1) is 0 Å². The van der Waals surface area contributed by atoms with Crippen molar-refractivity contribution in [3.05, 3.63) is 71.2 Å². The first-order chi connectivity index (χ1) is 14.1. The SMILES string of the molecule is CCN1CCc2cc(NC(=O)/C=C/c3cnccc3C3=CN(C)NC3)ccc2C1. The Morgan fingerprint density at radius 1 is 1.31 bits per heavy atom. The number of amides is 1. The standard InChI is InChI=1S/C23H27N5O/c1-3-28-11-9-17-12-21(6-4-19(17)16-28)26-23(29)7-5-18-13-24-10-8-22(18)20-14-25-27(2)15-20/h4-8,10,12-13,15,25H,3,9,11,14,16H2,1-2H3,(H,26,29)/b7-5+. The molecule has 2 aliphatic rings. The van der Waals surface area contributed by atoms with Crippen molar-refractivity contribution in [2.45, 2.75) is 19.9 Å². The largest absolute Gasteiger partial charge is 0.323 e. The minimum absolute atomic E-state index is 0.138. The number of hydrogen-bond acceptors (Lipinski definition) is 5. The van der Waals surface area contributed by atoms with Crippen LogP contribution in [0.5, 0.6) is 0 Å². The smallest absolute Gasteiger partial charge is 0.248 e. The molecule has 4 rings (SSSR count). The van der Waals surface area contributed by atoms with Gasteiger partial charge in [0.15, 0.2) is 0 Å². The second-order valence-corrected chi connectivity index (χ2v) is 7.49. The van der Waals surface area contributed by atoms with Crippen LogP contribution in [0.4, 0.5) is 5.69 Å². The minimum Gasteiger partial charge on any atom is -0.323 e. The molecule has 2 aliphatic heterocycles. The van der Waals surface area contributed by atoms with Gasteiger partial charge in [-0.2, -0.15) is 0 Å². The number of hydrogen-bond donors (Lipinski definition) is 2. The lowest BCUT2D eigenvalue weighted by atomic mass is 9.99. The third-order valence-corrected chi connectivity index (χ3v) is 5.49. The predicted molar refractivity (Wildman–Crippen MR) is 117 cm³/mol. The van der Waals surface area contributed by atoms with Crippen molar-refractivity contribution in [2.24, 2.45) is 0 Å². The molecule has 1 aromatic heterocycles. The molecule has 150 valence electrons. The molecule has 1 aromatic carbocycles. The first-order valence-electron chi connectivity index (χ1n) is 10.1. The Morgan fingerprint density at radius 2 is 2.21 bits per heavy atom. The summed E-state index contributed by atoms with van der Waals surface area (Å²) in [5.41, 5.74) is 9.95. The van der Waals surface area contributed by atoms with Gasteiger partial charge in [0.2, 0.25) is 5.91 Å². The number of nitrogens with one attached hydrogen (secondary N) is 2. The molecular formula is C23H27N5O. The Kier molecular flexibility index (Phi) is 5.74. The molecule has 0 saturated carbocycles. The summed E-state index contributed by atoms with van der Waals surface area (Å²) in [5, 5.41) is 4.92. The van der Waals surface area contributed by atoms with E-state index in [0.29, 0.717) is 0 Å². The summed E-state index contributed by atoms with van der Waals surface area (Å²) in [4.78, 5) is 19.1. The lowest BCUT2D eigenvalue weighted by molar-refractivity contribution is -0.111. The maximum Gasteiger partial charge on any atom is 0.248 e. The van der Waals surface area contributed by atoms with Gasteiger partial charge < -0.3 is 10.3 Å². The van der Waals surface area contributed by atoms with Crippen LogP contribution in [0.1, 0.15) is 29.2 Å². The van der Waals surface area contributed by atoms with Gasteiger partial charge in [-0.05, 0) is 59.5 Å². The van der Waals surface area contributed by atoms with Crippen LogP contribution >= 0.6 is 0 Å². The third-order valence-electron chi connectivity index (χ3n) is 5.49. The molecule has 0 radical (unpaired) electrons. The summed E-state index contributed by atoms with van der Waals surface area (Å²) >= 11 is 0. The number of carbonyl (C=O) groups excluding carboxylic acids is 1. The molecule has 2 aromatic rings. The van der Waals surface area contributed by atoms with E-state index in [9.17, 15) is 4.79 Å². The van der Waals surface area contributed by atoms with Crippen LogP contribution in [0.25, 0.3) is 11.6 Å². The molecule has 0 unspecified atom stereocenters. The van der Waals surface area contributed by atoms with E-state index < -0.39 is 0 Å². The number of pyridine rings is 1. The summed E-state index contributed by atoms with van der Waals surface area (Å²) < 4.78 is 0. The second-order valence-electron chi connectivity index (χ2n) is 7.49. The first-order valence-corrected chi connectivity index (χ1v) is 10.1. The van der Waals surface area contributed by atoms with Gasteiger partial charge in [0.25, 0.3) is 0 Å². The summed E-state index contributed by atoms with van der Waals surface area (Å²) in [6.07, 6.45) is 10.0. The van der Waals surface area contributed by atoms with Gasteiger partial charge >= 0.3 is 0 Å². The Morgan fingerprint density at radius 3 is 3.00 bits per heavy atom. The number of nitrogens with zero attached hydrogens (tertiary/aromatic N) is 3. The highest BCUT2D eigenvalue weighted by Crippen LogP contribution is 2.24. The van der Waals surface area contributed by atoms with Crippen molar-refractivity contribution in [1.29, 1.82) is 0 Å². The van der Waals surface area contributed by atoms with Crippen molar-refractivity contribution in [1.82, 2.24) is 20.3 Å². The molecule has 0 bridgehead atoms. The van der Waals surface area contributed by atoms with Crippen LogP contribution in [-0.4, -0.2) is 47.5 Å². The number of likely N-dealkylation sites (N-methyl/N-ethyl adjacent to an activating group) is 1.